The van der Waals surface area contributed by atoms with Gasteiger partial charge in [0.1, 0.15) is 5.01 Å². The molecule has 3 rings (SSSR count). The van der Waals surface area contributed by atoms with Gasteiger partial charge in [-0.1, -0.05) is 29.0 Å². The van der Waals surface area contributed by atoms with Crippen molar-refractivity contribution in [1.29, 1.82) is 0 Å². The lowest BCUT2D eigenvalue weighted by Crippen LogP contribution is -2.42. The van der Waals surface area contributed by atoms with Crippen LogP contribution in [0.15, 0.2) is 24.3 Å². The number of piperidine rings is 1. The molecule has 1 aromatic heterocycles. The zero-order valence-electron chi connectivity index (χ0n) is 14.1. The highest BCUT2D eigenvalue weighted by molar-refractivity contribution is 7.15. The first-order valence-electron chi connectivity index (χ1n) is 8.27. The summed E-state index contributed by atoms with van der Waals surface area (Å²) in [7, 11) is 0. The standard InChI is InChI=1S/C17H23N5OS/c1-12-5-7-15(8-6-12)19-16(23)18-10-14-4-3-9-22(11-14)17-21-20-13(2)24-17/h5-8,14H,3-4,9-11H2,1-2H3,(H2,18,19,23)/t14-/m0/s1. The molecular weight excluding hydrogens is 322 g/mol. The molecule has 1 atom stereocenters. The molecule has 0 bridgehead atoms. The van der Waals surface area contributed by atoms with Crippen LogP contribution in [0.2, 0.25) is 0 Å². The van der Waals surface area contributed by atoms with Crippen LogP contribution in [0, 0.1) is 19.8 Å². The van der Waals surface area contributed by atoms with Crippen molar-refractivity contribution in [3.63, 3.8) is 0 Å². The fourth-order valence-electron chi connectivity index (χ4n) is 2.87. The number of hydrogen-bond donors (Lipinski definition) is 2. The molecular formula is C17H23N5OS. The Morgan fingerprint density at radius 1 is 1.29 bits per heavy atom. The van der Waals surface area contributed by atoms with Crippen molar-refractivity contribution in [3.05, 3.63) is 34.8 Å². The van der Waals surface area contributed by atoms with E-state index in [1.807, 2.05) is 38.1 Å². The molecule has 0 radical (unpaired) electrons. The van der Waals surface area contributed by atoms with E-state index in [1.165, 1.54) is 5.56 Å². The van der Waals surface area contributed by atoms with Gasteiger partial charge < -0.3 is 15.5 Å². The normalized spacial score (nSPS) is 17.6. The highest BCUT2D eigenvalue weighted by Crippen LogP contribution is 2.25. The third-order valence-electron chi connectivity index (χ3n) is 4.17. The molecule has 24 heavy (non-hydrogen) atoms. The summed E-state index contributed by atoms with van der Waals surface area (Å²) in [6.07, 6.45) is 2.24. The second-order valence-corrected chi connectivity index (χ2v) is 7.42. The van der Waals surface area contributed by atoms with E-state index in [9.17, 15) is 4.79 Å². The highest BCUT2D eigenvalue weighted by atomic mass is 32.1. The number of rotatable bonds is 4. The van der Waals surface area contributed by atoms with Crippen LogP contribution in [0.5, 0.6) is 0 Å². The van der Waals surface area contributed by atoms with Crippen LogP contribution < -0.4 is 15.5 Å². The molecule has 2 amide bonds. The number of nitrogens with one attached hydrogen (secondary N) is 2. The van der Waals surface area contributed by atoms with Crippen molar-refractivity contribution >= 4 is 28.2 Å². The summed E-state index contributed by atoms with van der Waals surface area (Å²) >= 11 is 1.63. The number of nitrogens with zero attached hydrogens (tertiary/aromatic N) is 3. The SMILES string of the molecule is Cc1ccc(NC(=O)NC[C@@H]2CCCN(c3nnc(C)s3)C2)cc1. The van der Waals surface area contributed by atoms with Crippen molar-refractivity contribution in [3.8, 4) is 0 Å². The van der Waals surface area contributed by atoms with Crippen LogP contribution in [0.3, 0.4) is 0 Å². The first-order chi connectivity index (χ1) is 11.6. The third-order valence-corrected chi connectivity index (χ3v) is 5.07. The van der Waals surface area contributed by atoms with E-state index in [0.29, 0.717) is 12.5 Å². The first kappa shape index (κ1) is 16.7. The van der Waals surface area contributed by atoms with Crippen LogP contribution in [0.25, 0.3) is 0 Å². The molecule has 128 valence electrons. The molecule has 7 heteroatoms. The summed E-state index contributed by atoms with van der Waals surface area (Å²) in [4.78, 5) is 14.3. The third kappa shape index (κ3) is 4.44. The quantitative estimate of drug-likeness (QED) is 0.893. The van der Waals surface area contributed by atoms with Gasteiger partial charge in [-0.15, -0.1) is 10.2 Å². The number of carbonyl (C=O) groups is 1. The van der Waals surface area contributed by atoms with Gasteiger partial charge >= 0.3 is 6.03 Å². The van der Waals surface area contributed by atoms with Gasteiger partial charge in [0.2, 0.25) is 5.13 Å². The maximum absolute atomic E-state index is 12.0. The molecule has 2 aromatic rings. The Kier molecular flexibility index (Phi) is 5.30. The number of anilines is 2. The van der Waals surface area contributed by atoms with E-state index in [0.717, 1.165) is 41.8 Å². The number of benzene rings is 1. The minimum Gasteiger partial charge on any atom is -0.346 e. The highest BCUT2D eigenvalue weighted by Gasteiger charge is 2.22. The lowest BCUT2D eigenvalue weighted by atomic mass is 9.98. The van der Waals surface area contributed by atoms with Gasteiger partial charge in [0.05, 0.1) is 0 Å². The Morgan fingerprint density at radius 3 is 2.79 bits per heavy atom. The van der Waals surface area contributed by atoms with E-state index < -0.39 is 0 Å². The summed E-state index contributed by atoms with van der Waals surface area (Å²) in [6, 6.07) is 7.64. The molecule has 0 aliphatic carbocycles. The number of urea groups is 1. The number of carbonyl (C=O) groups excluding carboxylic acids is 1. The molecule has 1 aliphatic rings. The summed E-state index contributed by atoms with van der Waals surface area (Å²) in [5.74, 6) is 0.437. The maximum atomic E-state index is 12.0. The molecule has 1 aliphatic heterocycles. The van der Waals surface area contributed by atoms with E-state index in [4.69, 9.17) is 0 Å². The minimum atomic E-state index is -0.150. The van der Waals surface area contributed by atoms with Crippen LogP contribution in [-0.4, -0.2) is 35.9 Å². The fourth-order valence-corrected chi connectivity index (χ4v) is 3.59. The summed E-state index contributed by atoms with van der Waals surface area (Å²) in [6.45, 7) is 6.60. The first-order valence-corrected chi connectivity index (χ1v) is 9.08. The molecule has 2 heterocycles. The number of aryl methyl sites for hydroxylation is 2. The zero-order chi connectivity index (χ0) is 16.9. The number of amides is 2. The van der Waals surface area contributed by atoms with Gasteiger partial charge in [-0.3, -0.25) is 0 Å². The topological polar surface area (TPSA) is 70.2 Å². The Labute approximate surface area is 146 Å². The van der Waals surface area contributed by atoms with Crippen molar-refractivity contribution in [2.24, 2.45) is 5.92 Å². The van der Waals surface area contributed by atoms with Gasteiger partial charge in [0, 0.05) is 25.3 Å². The predicted molar refractivity (Wildman–Crippen MR) is 97.8 cm³/mol. The number of aromatic nitrogens is 2. The molecule has 2 N–H and O–H groups in total. The molecule has 6 nitrogen and oxygen atoms in total. The van der Waals surface area contributed by atoms with Gasteiger partial charge in [0.15, 0.2) is 0 Å². The van der Waals surface area contributed by atoms with Crippen molar-refractivity contribution in [1.82, 2.24) is 15.5 Å². The van der Waals surface area contributed by atoms with Gasteiger partial charge in [-0.25, -0.2) is 4.79 Å². The van der Waals surface area contributed by atoms with Gasteiger partial charge in [-0.05, 0) is 44.7 Å². The molecule has 0 saturated carbocycles. The van der Waals surface area contributed by atoms with Crippen molar-refractivity contribution in [2.45, 2.75) is 26.7 Å². The van der Waals surface area contributed by atoms with Crippen molar-refractivity contribution in [2.75, 3.05) is 29.9 Å². The van der Waals surface area contributed by atoms with E-state index in [1.54, 1.807) is 11.3 Å². The molecule has 0 spiro atoms. The average Bonchev–Trinajstić information content (AvgIpc) is 3.02. The zero-order valence-corrected chi connectivity index (χ0v) is 14.9. The Hall–Kier alpha value is -2.15. The molecule has 1 fully saturated rings. The monoisotopic (exact) mass is 345 g/mol. The smallest absolute Gasteiger partial charge is 0.319 e. The predicted octanol–water partition coefficient (Wildman–Crippen LogP) is 3.19. The summed E-state index contributed by atoms with van der Waals surface area (Å²) in [5.41, 5.74) is 1.99. The van der Waals surface area contributed by atoms with E-state index in [2.05, 4.69) is 25.7 Å². The molecule has 0 unspecified atom stereocenters. The molecule has 1 saturated heterocycles. The second kappa shape index (κ2) is 7.61. The van der Waals surface area contributed by atoms with Crippen LogP contribution in [0.4, 0.5) is 15.6 Å². The average molecular weight is 345 g/mol. The van der Waals surface area contributed by atoms with Crippen LogP contribution in [0.1, 0.15) is 23.4 Å². The van der Waals surface area contributed by atoms with E-state index in [-0.39, 0.29) is 6.03 Å². The summed E-state index contributed by atoms with van der Waals surface area (Å²) < 4.78 is 0. The van der Waals surface area contributed by atoms with Crippen molar-refractivity contribution < 1.29 is 4.79 Å². The Balaban J connectivity index is 1.47. The van der Waals surface area contributed by atoms with Gasteiger partial charge in [0.25, 0.3) is 0 Å². The Morgan fingerprint density at radius 2 is 2.08 bits per heavy atom. The largest absolute Gasteiger partial charge is 0.346 e. The molecule has 1 aromatic carbocycles. The minimum absolute atomic E-state index is 0.150. The number of hydrogen-bond acceptors (Lipinski definition) is 5. The Bertz CT molecular complexity index is 685. The summed E-state index contributed by atoms with van der Waals surface area (Å²) in [5, 5.41) is 16.1. The van der Waals surface area contributed by atoms with Crippen LogP contribution in [-0.2, 0) is 0 Å². The van der Waals surface area contributed by atoms with Gasteiger partial charge in [-0.2, -0.15) is 0 Å². The lowest BCUT2D eigenvalue weighted by molar-refractivity contribution is 0.249. The van der Waals surface area contributed by atoms with Crippen LogP contribution >= 0.6 is 11.3 Å². The maximum Gasteiger partial charge on any atom is 0.319 e. The van der Waals surface area contributed by atoms with E-state index >= 15 is 0 Å². The second-order valence-electron chi connectivity index (χ2n) is 6.26. The fraction of sp³-hybridized carbons (Fsp3) is 0.471. The lowest BCUT2D eigenvalue weighted by Gasteiger charge is -2.32.